The largest absolute Gasteiger partial charge is 0.486 e. The van der Waals surface area contributed by atoms with Gasteiger partial charge in [-0.05, 0) is 48.5 Å². The van der Waals surface area contributed by atoms with Gasteiger partial charge in [0.05, 0.1) is 6.26 Å². The molecule has 1 aliphatic rings. The predicted molar refractivity (Wildman–Crippen MR) is 105 cm³/mol. The number of carbonyl (C=O) groups is 2. The Kier molecular flexibility index (Phi) is 5.33. The third kappa shape index (κ3) is 4.67. The Bertz CT molecular complexity index is 999. The van der Waals surface area contributed by atoms with Gasteiger partial charge >= 0.3 is 0 Å². The lowest BCUT2D eigenvalue weighted by Crippen LogP contribution is -2.20. The first-order valence-corrected chi connectivity index (χ1v) is 8.94. The second-order valence-corrected chi connectivity index (χ2v) is 6.15. The Morgan fingerprint density at radius 2 is 1.66 bits per heavy atom. The highest BCUT2D eigenvalue weighted by atomic mass is 16.6. The van der Waals surface area contributed by atoms with Crippen LogP contribution in [0.3, 0.4) is 0 Å². The molecular weight excluding hydrogens is 376 g/mol. The second-order valence-electron chi connectivity index (χ2n) is 6.15. The molecule has 0 saturated carbocycles. The molecule has 0 saturated heterocycles. The van der Waals surface area contributed by atoms with Gasteiger partial charge in [-0.15, -0.1) is 0 Å². The fourth-order valence-electron chi connectivity index (χ4n) is 2.70. The Morgan fingerprint density at radius 1 is 0.897 bits per heavy atom. The summed E-state index contributed by atoms with van der Waals surface area (Å²) in [6, 6.07) is 15.1. The molecule has 2 heterocycles. The first-order valence-electron chi connectivity index (χ1n) is 8.94. The summed E-state index contributed by atoms with van der Waals surface area (Å²) in [4.78, 5) is 24.1. The van der Waals surface area contributed by atoms with Crippen molar-refractivity contribution in [2.24, 2.45) is 0 Å². The van der Waals surface area contributed by atoms with Gasteiger partial charge in [0.25, 0.3) is 11.8 Å². The first-order chi connectivity index (χ1) is 14.2. The monoisotopic (exact) mass is 394 g/mol. The maximum Gasteiger partial charge on any atom is 0.291 e. The molecule has 1 aliphatic heterocycles. The van der Waals surface area contributed by atoms with Crippen LogP contribution in [0.15, 0.2) is 65.3 Å². The van der Waals surface area contributed by atoms with Crippen LogP contribution in [0.5, 0.6) is 17.2 Å². The molecule has 0 radical (unpaired) electrons. The minimum Gasteiger partial charge on any atom is -0.486 e. The van der Waals surface area contributed by atoms with Gasteiger partial charge in [0.15, 0.2) is 23.9 Å². The van der Waals surface area contributed by atoms with Gasteiger partial charge in [0.2, 0.25) is 0 Å². The normalized spacial score (nSPS) is 12.1. The van der Waals surface area contributed by atoms with Crippen LogP contribution in [0.2, 0.25) is 0 Å². The Balaban J connectivity index is 1.27. The Hall–Kier alpha value is -3.94. The van der Waals surface area contributed by atoms with Crippen LogP contribution in [0.1, 0.15) is 10.6 Å². The van der Waals surface area contributed by atoms with Crippen molar-refractivity contribution < 1.29 is 28.2 Å². The number of anilines is 2. The Labute approximate surface area is 166 Å². The molecular formula is C21H18N2O6. The van der Waals surface area contributed by atoms with E-state index in [9.17, 15) is 9.59 Å². The molecule has 148 valence electrons. The fraction of sp³-hybridized carbons (Fsp3) is 0.143. The van der Waals surface area contributed by atoms with Gasteiger partial charge in [0.1, 0.15) is 19.0 Å². The van der Waals surface area contributed by atoms with E-state index in [-0.39, 0.29) is 24.2 Å². The predicted octanol–water partition coefficient (Wildman–Crippen LogP) is 3.32. The number of ether oxygens (including phenoxy) is 3. The fourth-order valence-corrected chi connectivity index (χ4v) is 2.70. The molecule has 8 heteroatoms. The lowest BCUT2D eigenvalue weighted by atomic mass is 10.2. The van der Waals surface area contributed by atoms with Crippen LogP contribution in [-0.4, -0.2) is 31.6 Å². The van der Waals surface area contributed by atoms with Crippen molar-refractivity contribution in [1.29, 1.82) is 0 Å². The summed E-state index contributed by atoms with van der Waals surface area (Å²) in [6.07, 6.45) is 1.43. The quantitative estimate of drug-likeness (QED) is 0.665. The molecule has 0 unspecified atom stereocenters. The molecule has 4 rings (SSSR count). The molecule has 3 aromatic rings. The average molecular weight is 394 g/mol. The summed E-state index contributed by atoms with van der Waals surface area (Å²) in [5.41, 5.74) is 1.18. The third-order valence-electron chi connectivity index (χ3n) is 4.05. The lowest BCUT2D eigenvalue weighted by molar-refractivity contribution is -0.118. The maximum absolute atomic E-state index is 12.1. The number of fused-ring (bicyclic) bond motifs is 1. The van der Waals surface area contributed by atoms with Gasteiger partial charge in [-0.3, -0.25) is 9.59 Å². The molecule has 2 N–H and O–H groups in total. The van der Waals surface area contributed by atoms with Crippen molar-refractivity contribution in [3.8, 4) is 17.2 Å². The molecule has 0 bridgehead atoms. The van der Waals surface area contributed by atoms with E-state index in [2.05, 4.69) is 10.6 Å². The SMILES string of the molecule is O=C(COc1ccc(NC(=O)c2ccco2)cc1)Nc1ccc2c(c1)OCCO2. The van der Waals surface area contributed by atoms with Crippen molar-refractivity contribution in [3.05, 3.63) is 66.6 Å². The third-order valence-corrected chi connectivity index (χ3v) is 4.05. The lowest BCUT2D eigenvalue weighted by Gasteiger charge is -2.19. The topological polar surface area (TPSA) is 99.0 Å². The van der Waals surface area contributed by atoms with E-state index in [0.717, 1.165) is 0 Å². The molecule has 29 heavy (non-hydrogen) atoms. The van der Waals surface area contributed by atoms with E-state index in [1.807, 2.05) is 0 Å². The van der Waals surface area contributed by atoms with Crippen molar-refractivity contribution in [3.63, 3.8) is 0 Å². The molecule has 1 aromatic heterocycles. The molecule has 0 atom stereocenters. The highest BCUT2D eigenvalue weighted by molar-refractivity contribution is 6.02. The zero-order valence-electron chi connectivity index (χ0n) is 15.3. The van der Waals surface area contributed by atoms with E-state index in [1.165, 1.54) is 6.26 Å². The van der Waals surface area contributed by atoms with Gasteiger partial charge in [0, 0.05) is 17.4 Å². The number of carbonyl (C=O) groups excluding carboxylic acids is 2. The van der Waals surface area contributed by atoms with Gasteiger partial charge < -0.3 is 29.3 Å². The van der Waals surface area contributed by atoms with Crippen molar-refractivity contribution in [2.75, 3.05) is 30.5 Å². The molecule has 2 amide bonds. The summed E-state index contributed by atoms with van der Waals surface area (Å²) in [5.74, 6) is 1.32. The first kappa shape index (κ1) is 18.4. The summed E-state index contributed by atoms with van der Waals surface area (Å²) in [5, 5.41) is 5.45. The van der Waals surface area contributed by atoms with Crippen molar-refractivity contribution in [2.45, 2.75) is 0 Å². The summed E-state index contributed by atoms with van der Waals surface area (Å²) < 4.78 is 21.5. The number of nitrogens with one attached hydrogen (secondary N) is 2. The van der Waals surface area contributed by atoms with Crippen LogP contribution in [-0.2, 0) is 4.79 Å². The van der Waals surface area contributed by atoms with Crippen LogP contribution in [0, 0.1) is 0 Å². The molecule has 0 spiro atoms. The van der Waals surface area contributed by atoms with Gasteiger partial charge in [-0.2, -0.15) is 0 Å². The number of hydrogen-bond acceptors (Lipinski definition) is 6. The summed E-state index contributed by atoms with van der Waals surface area (Å²) in [6.45, 7) is 0.829. The van der Waals surface area contributed by atoms with E-state index >= 15 is 0 Å². The van der Waals surface area contributed by atoms with E-state index < -0.39 is 0 Å². The zero-order valence-corrected chi connectivity index (χ0v) is 15.3. The highest BCUT2D eigenvalue weighted by Crippen LogP contribution is 2.32. The van der Waals surface area contributed by atoms with Crippen LogP contribution in [0.25, 0.3) is 0 Å². The number of amides is 2. The standard InChI is InChI=1S/C21H18N2O6/c24-20(22-15-5-8-17-19(12-15)28-11-10-27-17)13-29-16-6-3-14(4-7-16)23-21(25)18-2-1-9-26-18/h1-9,12H,10-11,13H2,(H,22,24)(H,23,25). The number of hydrogen-bond donors (Lipinski definition) is 2. The Morgan fingerprint density at radius 3 is 2.41 bits per heavy atom. The number of furan rings is 1. The van der Waals surface area contributed by atoms with Gasteiger partial charge in [-0.25, -0.2) is 0 Å². The number of rotatable bonds is 6. The molecule has 0 fully saturated rings. The highest BCUT2D eigenvalue weighted by Gasteiger charge is 2.13. The number of benzene rings is 2. The van der Waals surface area contributed by atoms with Crippen LogP contribution >= 0.6 is 0 Å². The average Bonchev–Trinajstić information content (AvgIpc) is 3.28. The zero-order chi connectivity index (χ0) is 20.1. The van der Waals surface area contributed by atoms with E-state index in [0.29, 0.717) is 41.8 Å². The van der Waals surface area contributed by atoms with Crippen LogP contribution < -0.4 is 24.8 Å². The maximum atomic E-state index is 12.1. The summed E-state index contributed by atoms with van der Waals surface area (Å²) >= 11 is 0. The van der Waals surface area contributed by atoms with Crippen molar-refractivity contribution in [1.82, 2.24) is 0 Å². The minimum absolute atomic E-state index is 0.160. The van der Waals surface area contributed by atoms with Crippen LogP contribution in [0.4, 0.5) is 11.4 Å². The second kappa shape index (κ2) is 8.39. The van der Waals surface area contributed by atoms with Gasteiger partial charge in [-0.1, -0.05) is 0 Å². The smallest absolute Gasteiger partial charge is 0.291 e. The van der Waals surface area contributed by atoms with E-state index in [1.54, 1.807) is 54.6 Å². The molecule has 0 aliphatic carbocycles. The minimum atomic E-state index is -0.345. The molecule has 2 aromatic carbocycles. The van der Waals surface area contributed by atoms with Crippen molar-refractivity contribution >= 4 is 23.2 Å². The summed E-state index contributed by atoms with van der Waals surface area (Å²) in [7, 11) is 0. The molecule has 8 nitrogen and oxygen atoms in total. The van der Waals surface area contributed by atoms with E-state index in [4.69, 9.17) is 18.6 Å².